The predicted molar refractivity (Wildman–Crippen MR) is 89.2 cm³/mol. The number of imidazole rings is 1. The van der Waals surface area contributed by atoms with Crippen LogP contribution in [0.15, 0.2) is 30.1 Å². The number of aromatic nitrogens is 2. The van der Waals surface area contributed by atoms with Crippen molar-refractivity contribution in [3.8, 4) is 0 Å². The summed E-state index contributed by atoms with van der Waals surface area (Å²) in [5.41, 5.74) is 0.553. The molecule has 24 heavy (non-hydrogen) atoms. The molecular formula is C17H27N3O4. The van der Waals surface area contributed by atoms with E-state index in [1.807, 2.05) is 10.8 Å². The number of aryl methyl sites for hydroxylation is 1. The van der Waals surface area contributed by atoms with E-state index in [2.05, 4.69) is 11.9 Å². The van der Waals surface area contributed by atoms with Gasteiger partial charge < -0.3 is 24.8 Å². The van der Waals surface area contributed by atoms with Gasteiger partial charge in [0, 0.05) is 31.1 Å². The van der Waals surface area contributed by atoms with Crippen LogP contribution < -0.4 is 0 Å². The fraction of sp³-hybridized carbons (Fsp3) is 0.647. The normalized spacial score (nSPS) is 19.4. The number of carbonyl (C=O) groups excluding carboxylic acids is 1. The summed E-state index contributed by atoms with van der Waals surface area (Å²) in [6.07, 6.45) is 8.27. The quantitative estimate of drug-likeness (QED) is 0.558. The summed E-state index contributed by atoms with van der Waals surface area (Å²) >= 11 is 0. The van der Waals surface area contributed by atoms with Gasteiger partial charge in [-0.25, -0.2) is 4.98 Å². The first-order chi connectivity index (χ1) is 11.6. The van der Waals surface area contributed by atoms with E-state index in [4.69, 9.17) is 0 Å². The second-order valence-corrected chi connectivity index (χ2v) is 6.18. The Labute approximate surface area is 142 Å². The van der Waals surface area contributed by atoms with Crippen LogP contribution in [0.5, 0.6) is 0 Å². The minimum Gasteiger partial charge on any atom is -0.503 e. The third-order valence-corrected chi connectivity index (χ3v) is 4.44. The minimum atomic E-state index is -1.08. The summed E-state index contributed by atoms with van der Waals surface area (Å²) in [4.78, 5) is 17.8. The van der Waals surface area contributed by atoms with Crippen LogP contribution >= 0.6 is 0 Å². The van der Waals surface area contributed by atoms with Gasteiger partial charge in [-0.3, -0.25) is 4.79 Å². The number of carbonyl (C=O) groups is 1. The first-order valence-corrected chi connectivity index (χ1v) is 8.57. The molecule has 7 heteroatoms. The van der Waals surface area contributed by atoms with Crippen LogP contribution in [0.3, 0.4) is 0 Å². The lowest BCUT2D eigenvalue weighted by Crippen LogP contribution is -2.45. The molecule has 2 rings (SSSR count). The Morgan fingerprint density at radius 1 is 1.29 bits per heavy atom. The van der Waals surface area contributed by atoms with Gasteiger partial charge in [-0.15, -0.1) is 0 Å². The Morgan fingerprint density at radius 2 is 2.08 bits per heavy atom. The van der Waals surface area contributed by atoms with Crippen LogP contribution in [-0.4, -0.2) is 61.0 Å². The van der Waals surface area contributed by atoms with Crippen molar-refractivity contribution in [2.24, 2.45) is 0 Å². The van der Waals surface area contributed by atoms with Crippen LogP contribution in [0.4, 0.5) is 0 Å². The van der Waals surface area contributed by atoms with Gasteiger partial charge in [-0.1, -0.05) is 19.8 Å². The highest BCUT2D eigenvalue weighted by Gasteiger charge is 2.42. The lowest BCUT2D eigenvalue weighted by atomic mass is 9.97. The SMILES string of the molecule is CCCCCC1=C(O)C(=O)N(CCCn2ccnc2)C1C(O)CO. The summed E-state index contributed by atoms with van der Waals surface area (Å²) in [6.45, 7) is 2.73. The molecule has 2 unspecified atom stereocenters. The molecule has 1 aromatic heterocycles. The van der Waals surface area contributed by atoms with Gasteiger partial charge in [0.1, 0.15) is 6.10 Å². The van der Waals surface area contributed by atoms with E-state index in [0.29, 0.717) is 31.5 Å². The number of aliphatic hydroxyl groups excluding tert-OH is 3. The Kier molecular flexibility index (Phi) is 6.81. The number of unbranched alkanes of at least 4 members (excludes halogenated alkanes) is 2. The maximum atomic E-state index is 12.4. The molecule has 0 fully saturated rings. The standard InChI is InChI=1S/C17H27N3O4/c1-2-3-4-6-13-15(14(22)11-21)20(17(24)16(13)23)9-5-8-19-10-7-18-12-19/h7,10,12,14-15,21-23H,2-6,8-9,11H2,1H3. The number of amides is 1. The monoisotopic (exact) mass is 337 g/mol. The van der Waals surface area contributed by atoms with Gasteiger partial charge in [0.15, 0.2) is 5.76 Å². The molecule has 0 saturated carbocycles. The average molecular weight is 337 g/mol. The van der Waals surface area contributed by atoms with E-state index in [1.165, 1.54) is 4.90 Å². The number of hydrogen-bond acceptors (Lipinski definition) is 5. The lowest BCUT2D eigenvalue weighted by Gasteiger charge is -2.30. The summed E-state index contributed by atoms with van der Waals surface area (Å²) in [7, 11) is 0. The maximum Gasteiger partial charge on any atom is 0.289 e. The highest BCUT2D eigenvalue weighted by Crippen LogP contribution is 2.31. The van der Waals surface area contributed by atoms with Crippen molar-refractivity contribution >= 4 is 5.91 Å². The Bertz CT molecular complexity index is 556. The van der Waals surface area contributed by atoms with Crippen molar-refractivity contribution in [3.63, 3.8) is 0 Å². The molecular weight excluding hydrogens is 310 g/mol. The third kappa shape index (κ3) is 4.15. The molecule has 0 spiro atoms. The van der Waals surface area contributed by atoms with Gasteiger partial charge in [0.05, 0.1) is 19.0 Å². The summed E-state index contributed by atoms with van der Waals surface area (Å²) in [5.74, 6) is -0.712. The van der Waals surface area contributed by atoms with Crippen LogP contribution in [0, 0.1) is 0 Å². The smallest absolute Gasteiger partial charge is 0.289 e. The Hall–Kier alpha value is -1.86. The number of nitrogens with zero attached hydrogens (tertiary/aromatic N) is 3. The van der Waals surface area contributed by atoms with E-state index in [1.54, 1.807) is 12.5 Å². The predicted octanol–water partition coefficient (Wildman–Crippen LogP) is 1.23. The average Bonchev–Trinajstić information content (AvgIpc) is 3.17. The van der Waals surface area contributed by atoms with Crippen LogP contribution in [0.25, 0.3) is 0 Å². The van der Waals surface area contributed by atoms with Gasteiger partial charge in [-0.05, 0) is 19.3 Å². The summed E-state index contributed by atoms with van der Waals surface area (Å²) in [6, 6.07) is -0.637. The van der Waals surface area contributed by atoms with Gasteiger partial charge in [0.2, 0.25) is 0 Å². The zero-order chi connectivity index (χ0) is 17.5. The first kappa shape index (κ1) is 18.5. The van der Waals surface area contributed by atoms with Crippen molar-refractivity contribution in [1.29, 1.82) is 0 Å². The first-order valence-electron chi connectivity index (χ1n) is 8.57. The highest BCUT2D eigenvalue weighted by molar-refractivity contribution is 5.95. The van der Waals surface area contributed by atoms with Crippen molar-refractivity contribution in [1.82, 2.24) is 14.5 Å². The summed E-state index contributed by atoms with van der Waals surface area (Å²) in [5, 5.41) is 29.7. The zero-order valence-corrected chi connectivity index (χ0v) is 14.1. The van der Waals surface area contributed by atoms with E-state index in [0.717, 1.165) is 19.3 Å². The molecule has 0 radical (unpaired) electrons. The van der Waals surface area contributed by atoms with E-state index in [-0.39, 0.29) is 5.76 Å². The number of rotatable bonds is 10. The van der Waals surface area contributed by atoms with Crippen molar-refractivity contribution in [3.05, 3.63) is 30.1 Å². The topological polar surface area (TPSA) is 98.8 Å². The molecule has 2 atom stereocenters. The third-order valence-electron chi connectivity index (χ3n) is 4.44. The maximum absolute atomic E-state index is 12.4. The lowest BCUT2D eigenvalue weighted by molar-refractivity contribution is -0.131. The molecule has 1 aliphatic heterocycles. The molecule has 1 amide bonds. The highest BCUT2D eigenvalue weighted by atomic mass is 16.3. The molecule has 2 heterocycles. The van der Waals surface area contributed by atoms with Gasteiger partial charge in [-0.2, -0.15) is 0 Å². The molecule has 1 aliphatic rings. The van der Waals surface area contributed by atoms with Crippen LogP contribution in [-0.2, 0) is 11.3 Å². The minimum absolute atomic E-state index is 0.258. The van der Waals surface area contributed by atoms with Gasteiger partial charge >= 0.3 is 0 Å². The molecule has 0 aliphatic carbocycles. The Balaban J connectivity index is 2.04. The Morgan fingerprint density at radius 3 is 2.71 bits per heavy atom. The van der Waals surface area contributed by atoms with Crippen molar-refractivity contribution in [2.75, 3.05) is 13.2 Å². The second-order valence-electron chi connectivity index (χ2n) is 6.18. The van der Waals surface area contributed by atoms with E-state index >= 15 is 0 Å². The second kappa shape index (κ2) is 8.84. The molecule has 7 nitrogen and oxygen atoms in total. The molecule has 0 saturated heterocycles. The van der Waals surface area contributed by atoms with E-state index < -0.39 is 24.7 Å². The van der Waals surface area contributed by atoms with E-state index in [9.17, 15) is 20.1 Å². The number of hydrogen-bond donors (Lipinski definition) is 3. The molecule has 0 bridgehead atoms. The molecule has 134 valence electrons. The summed E-state index contributed by atoms with van der Waals surface area (Å²) < 4.78 is 1.91. The fourth-order valence-corrected chi connectivity index (χ4v) is 3.18. The largest absolute Gasteiger partial charge is 0.503 e. The molecule has 1 aromatic rings. The number of aliphatic hydroxyl groups is 3. The molecule has 0 aromatic carbocycles. The molecule has 3 N–H and O–H groups in total. The van der Waals surface area contributed by atoms with Crippen molar-refractivity contribution < 1.29 is 20.1 Å². The van der Waals surface area contributed by atoms with Crippen molar-refractivity contribution in [2.45, 2.75) is 57.7 Å². The fourth-order valence-electron chi connectivity index (χ4n) is 3.18. The zero-order valence-electron chi connectivity index (χ0n) is 14.1. The van der Waals surface area contributed by atoms with Gasteiger partial charge in [0.25, 0.3) is 5.91 Å². The van der Waals surface area contributed by atoms with Crippen LogP contribution in [0.1, 0.15) is 39.0 Å². The van der Waals surface area contributed by atoms with Crippen LogP contribution in [0.2, 0.25) is 0 Å².